The number of aliphatic hydroxyl groups is 2. The summed E-state index contributed by atoms with van der Waals surface area (Å²) in [5.74, 6) is -0.142. The second-order valence-electron chi connectivity index (χ2n) is 5.47. The van der Waals surface area contributed by atoms with Crippen molar-refractivity contribution >= 4 is 11.6 Å². The molecular formula is C16H24N2O4. The monoisotopic (exact) mass is 308 g/mol. The topological polar surface area (TPSA) is 82.0 Å². The highest BCUT2D eigenvalue weighted by Crippen LogP contribution is 2.23. The van der Waals surface area contributed by atoms with Gasteiger partial charge in [0.2, 0.25) is 5.91 Å². The van der Waals surface area contributed by atoms with Gasteiger partial charge in [0, 0.05) is 32.2 Å². The fraction of sp³-hybridized carbons (Fsp3) is 0.562. The van der Waals surface area contributed by atoms with Gasteiger partial charge < -0.3 is 25.2 Å². The Kier molecular flexibility index (Phi) is 6.18. The molecule has 0 aliphatic carbocycles. The Morgan fingerprint density at radius 3 is 2.50 bits per heavy atom. The average molecular weight is 308 g/mol. The third-order valence-electron chi connectivity index (χ3n) is 3.79. The highest BCUT2D eigenvalue weighted by Gasteiger charge is 2.19. The van der Waals surface area contributed by atoms with Crippen LogP contribution in [0.25, 0.3) is 0 Å². The quantitative estimate of drug-likeness (QED) is 0.710. The third kappa shape index (κ3) is 4.69. The number of nitrogens with zero attached hydrogens (tertiary/aromatic N) is 1. The minimum absolute atomic E-state index is 0.142. The van der Waals surface area contributed by atoms with Crippen LogP contribution in [0, 0.1) is 0 Å². The Balaban J connectivity index is 1.89. The molecule has 1 saturated heterocycles. The Hall–Kier alpha value is -1.63. The molecule has 1 fully saturated rings. The summed E-state index contributed by atoms with van der Waals surface area (Å²) in [6.45, 7) is 4.95. The van der Waals surface area contributed by atoms with Gasteiger partial charge in [0.25, 0.3) is 0 Å². The molecule has 1 aliphatic heterocycles. The maximum absolute atomic E-state index is 10.8. The van der Waals surface area contributed by atoms with E-state index in [9.17, 15) is 15.0 Å². The van der Waals surface area contributed by atoms with Crippen molar-refractivity contribution in [2.45, 2.75) is 25.6 Å². The molecule has 0 spiro atoms. The number of carbonyl (C=O) groups is 1. The summed E-state index contributed by atoms with van der Waals surface area (Å²) in [6.07, 6.45) is -1.54. The maximum Gasteiger partial charge on any atom is 0.216 e. The van der Waals surface area contributed by atoms with E-state index in [1.54, 1.807) is 0 Å². The number of nitrogens with one attached hydrogen (secondary N) is 1. The van der Waals surface area contributed by atoms with Gasteiger partial charge in [-0.05, 0) is 24.1 Å². The lowest BCUT2D eigenvalue weighted by Gasteiger charge is -2.29. The van der Waals surface area contributed by atoms with E-state index < -0.39 is 12.2 Å². The number of hydrogen-bond donors (Lipinski definition) is 3. The smallest absolute Gasteiger partial charge is 0.216 e. The van der Waals surface area contributed by atoms with Crippen molar-refractivity contribution in [1.82, 2.24) is 5.32 Å². The van der Waals surface area contributed by atoms with E-state index >= 15 is 0 Å². The molecule has 1 amide bonds. The van der Waals surface area contributed by atoms with E-state index in [0.717, 1.165) is 32.0 Å². The Morgan fingerprint density at radius 1 is 1.27 bits per heavy atom. The molecule has 2 unspecified atom stereocenters. The molecule has 22 heavy (non-hydrogen) atoms. The van der Waals surface area contributed by atoms with Crippen molar-refractivity contribution in [3.63, 3.8) is 0 Å². The molecule has 2 atom stereocenters. The van der Waals surface area contributed by atoms with Crippen molar-refractivity contribution in [1.29, 1.82) is 0 Å². The Morgan fingerprint density at radius 2 is 1.91 bits per heavy atom. The SMILES string of the molecule is CC(=O)NCCC(O)C(O)c1ccc(N2CCOCC2)cc1. The number of amides is 1. The maximum atomic E-state index is 10.8. The lowest BCUT2D eigenvalue weighted by Crippen LogP contribution is -2.36. The fourth-order valence-corrected chi connectivity index (χ4v) is 2.48. The van der Waals surface area contributed by atoms with Crippen LogP contribution in [0.15, 0.2) is 24.3 Å². The predicted octanol–water partition coefficient (Wildman–Crippen LogP) is 0.444. The van der Waals surface area contributed by atoms with Crippen LogP contribution in [0.1, 0.15) is 25.0 Å². The molecule has 6 nitrogen and oxygen atoms in total. The normalized spacial score (nSPS) is 17.9. The van der Waals surface area contributed by atoms with Crippen LogP contribution in [0.2, 0.25) is 0 Å². The second-order valence-corrected chi connectivity index (χ2v) is 5.47. The number of carbonyl (C=O) groups excluding carboxylic acids is 1. The van der Waals surface area contributed by atoms with Gasteiger partial charge in [0.05, 0.1) is 19.3 Å². The molecule has 2 rings (SSSR count). The van der Waals surface area contributed by atoms with E-state index in [1.165, 1.54) is 6.92 Å². The fourth-order valence-electron chi connectivity index (χ4n) is 2.48. The number of morpholine rings is 1. The standard InChI is InChI=1S/C16H24N2O4/c1-12(19)17-7-6-15(20)16(21)13-2-4-14(5-3-13)18-8-10-22-11-9-18/h2-5,15-16,20-21H,6-11H2,1H3,(H,17,19). The van der Waals surface area contributed by atoms with Crippen molar-refractivity contribution in [2.24, 2.45) is 0 Å². The van der Waals surface area contributed by atoms with Crippen LogP contribution in [0.5, 0.6) is 0 Å². The zero-order valence-corrected chi connectivity index (χ0v) is 12.9. The molecule has 1 aromatic rings. The van der Waals surface area contributed by atoms with Gasteiger partial charge in [-0.15, -0.1) is 0 Å². The predicted molar refractivity (Wildman–Crippen MR) is 83.7 cm³/mol. The van der Waals surface area contributed by atoms with Gasteiger partial charge >= 0.3 is 0 Å². The van der Waals surface area contributed by atoms with Gasteiger partial charge in [-0.25, -0.2) is 0 Å². The first-order valence-corrected chi connectivity index (χ1v) is 7.61. The number of rotatable bonds is 6. The average Bonchev–Trinajstić information content (AvgIpc) is 2.54. The van der Waals surface area contributed by atoms with Crippen LogP contribution < -0.4 is 10.2 Å². The van der Waals surface area contributed by atoms with E-state index in [1.807, 2.05) is 24.3 Å². The molecule has 0 saturated carbocycles. The molecule has 0 aromatic heterocycles. The van der Waals surface area contributed by atoms with Crippen molar-refractivity contribution < 1.29 is 19.7 Å². The van der Waals surface area contributed by atoms with Crippen LogP contribution >= 0.6 is 0 Å². The minimum atomic E-state index is -0.951. The molecule has 0 radical (unpaired) electrons. The summed E-state index contributed by atoms with van der Waals surface area (Å²) in [4.78, 5) is 13.0. The number of hydrogen-bond acceptors (Lipinski definition) is 5. The Labute approximate surface area is 130 Å². The summed E-state index contributed by atoms with van der Waals surface area (Å²) in [5.41, 5.74) is 1.76. The summed E-state index contributed by atoms with van der Waals surface area (Å²) >= 11 is 0. The van der Waals surface area contributed by atoms with Crippen molar-refractivity contribution in [3.8, 4) is 0 Å². The Bertz CT molecular complexity index is 472. The molecule has 1 heterocycles. The lowest BCUT2D eigenvalue weighted by atomic mass is 10.0. The van der Waals surface area contributed by atoms with Gasteiger partial charge in [-0.3, -0.25) is 4.79 Å². The van der Waals surface area contributed by atoms with Crippen LogP contribution in [0.3, 0.4) is 0 Å². The molecular weight excluding hydrogens is 284 g/mol. The van der Waals surface area contributed by atoms with Crippen molar-refractivity contribution in [3.05, 3.63) is 29.8 Å². The first-order valence-electron chi connectivity index (χ1n) is 7.61. The molecule has 3 N–H and O–H groups in total. The molecule has 1 aliphatic rings. The summed E-state index contributed by atoms with van der Waals surface area (Å²) < 4.78 is 5.32. The molecule has 0 bridgehead atoms. The van der Waals surface area contributed by atoms with Gasteiger partial charge in [-0.1, -0.05) is 12.1 Å². The zero-order valence-electron chi connectivity index (χ0n) is 12.9. The highest BCUT2D eigenvalue weighted by atomic mass is 16.5. The van der Waals surface area contributed by atoms with Crippen LogP contribution in [-0.4, -0.2) is 55.1 Å². The van der Waals surface area contributed by atoms with E-state index in [0.29, 0.717) is 18.5 Å². The number of anilines is 1. The summed E-state index contributed by atoms with van der Waals surface area (Å²) in [6, 6.07) is 7.56. The van der Waals surface area contributed by atoms with Gasteiger partial charge in [0.1, 0.15) is 6.10 Å². The largest absolute Gasteiger partial charge is 0.390 e. The molecule has 6 heteroatoms. The van der Waals surface area contributed by atoms with E-state index in [4.69, 9.17) is 4.74 Å². The summed E-state index contributed by atoms with van der Waals surface area (Å²) in [5, 5.41) is 22.7. The zero-order chi connectivity index (χ0) is 15.9. The van der Waals surface area contributed by atoms with Gasteiger partial charge in [-0.2, -0.15) is 0 Å². The molecule has 1 aromatic carbocycles. The number of aliphatic hydroxyl groups excluding tert-OH is 2. The second kappa shape index (κ2) is 8.12. The molecule has 122 valence electrons. The first kappa shape index (κ1) is 16.7. The van der Waals surface area contributed by atoms with E-state index in [-0.39, 0.29) is 5.91 Å². The van der Waals surface area contributed by atoms with Crippen LogP contribution in [0.4, 0.5) is 5.69 Å². The minimum Gasteiger partial charge on any atom is -0.390 e. The first-order chi connectivity index (χ1) is 10.6. The highest BCUT2D eigenvalue weighted by molar-refractivity contribution is 5.72. The summed E-state index contributed by atoms with van der Waals surface area (Å²) in [7, 11) is 0. The van der Waals surface area contributed by atoms with Crippen molar-refractivity contribution in [2.75, 3.05) is 37.7 Å². The van der Waals surface area contributed by atoms with Gasteiger partial charge in [0.15, 0.2) is 0 Å². The third-order valence-corrected chi connectivity index (χ3v) is 3.79. The van der Waals surface area contributed by atoms with E-state index in [2.05, 4.69) is 10.2 Å². The van der Waals surface area contributed by atoms with Crippen LogP contribution in [-0.2, 0) is 9.53 Å². The lowest BCUT2D eigenvalue weighted by molar-refractivity contribution is -0.119. The number of benzene rings is 1. The number of ether oxygens (including phenoxy) is 1.